The van der Waals surface area contributed by atoms with Crippen molar-refractivity contribution < 1.29 is 14.6 Å². The van der Waals surface area contributed by atoms with E-state index < -0.39 is 6.23 Å². The Kier molecular flexibility index (Phi) is 5.93. The molecule has 0 fully saturated rings. The highest BCUT2D eigenvalue weighted by atomic mass is 16.5. The molecule has 1 aromatic carbocycles. The van der Waals surface area contributed by atoms with E-state index in [0.29, 0.717) is 32.7 Å². The number of nitrogens with one attached hydrogen (secondary N) is 1. The van der Waals surface area contributed by atoms with E-state index in [1.54, 1.807) is 23.2 Å². The number of aliphatic hydroxyl groups is 1. The molecular weight excluding hydrogens is 394 g/mol. The molecule has 164 valence electrons. The standard InChI is InChI=1S/C23H29N5O3/c1-23(2)12-20(26-28(21(23)29)10-11-31-3)16-4-6-19(7-5-16)25-22(30)27-14-17-8-9-24-13-18(17)15-27/h4-9,13,21,29H,10-12,14-15H2,1-3H3,(H,25,30). The van der Waals surface area contributed by atoms with Gasteiger partial charge in [0.25, 0.3) is 0 Å². The number of carbonyl (C=O) groups excluding carboxylic acids is 1. The van der Waals surface area contributed by atoms with Crippen LogP contribution >= 0.6 is 0 Å². The molecule has 1 unspecified atom stereocenters. The van der Waals surface area contributed by atoms with Crippen LogP contribution < -0.4 is 5.32 Å². The lowest BCUT2D eigenvalue weighted by atomic mass is 9.82. The Labute approximate surface area is 182 Å². The van der Waals surface area contributed by atoms with Gasteiger partial charge in [0.1, 0.15) is 6.23 Å². The van der Waals surface area contributed by atoms with Gasteiger partial charge in [-0.1, -0.05) is 26.0 Å². The lowest BCUT2D eigenvalue weighted by molar-refractivity contribution is -0.0893. The fourth-order valence-corrected chi connectivity index (χ4v) is 4.00. The number of carbonyl (C=O) groups is 1. The van der Waals surface area contributed by atoms with Gasteiger partial charge >= 0.3 is 6.03 Å². The summed E-state index contributed by atoms with van der Waals surface area (Å²) in [6, 6.07) is 9.51. The number of amides is 2. The number of methoxy groups -OCH3 is 1. The number of rotatable bonds is 5. The second kappa shape index (κ2) is 8.64. The summed E-state index contributed by atoms with van der Waals surface area (Å²) in [4.78, 5) is 18.6. The summed E-state index contributed by atoms with van der Waals surface area (Å²) >= 11 is 0. The fourth-order valence-electron chi connectivity index (χ4n) is 4.00. The number of nitrogens with zero attached hydrogens (tertiary/aromatic N) is 4. The zero-order valence-corrected chi connectivity index (χ0v) is 18.2. The van der Waals surface area contributed by atoms with E-state index >= 15 is 0 Å². The predicted molar refractivity (Wildman–Crippen MR) is 118 cm³/mol. The topological polar surface area (TPSA) is 90.3 Å². The first-order valence-electron chi connectivity index (χ1n) is 10.5. The van der Waals surface area contributed by atoms with Crippen molar-refractivity contribution in [3.8, 4) is 0 Å². The van der Waals surface area contributed by atoms with Crippen LogP contribution in [0.25, 0.3) is 0 Å². The van der Waals surface area contributed by atoms with Gasteiger partial charge in [-0.05, 0) is 34.9 Å². The van der Waals surface area contributed by atoms with Crippen molar-refractivity contribution in [2.75, 3.05) is 25.6 Å². The van der Waals surface area contributed by atoms with Crippen LogP contribution in [0.15, 0.2) is 47.8 Å². The number of pyridine rings is 1. The summed E-state index contributed by atoms with van der Waals surface area (Å²) in [6.07, 6.45) is 3.56. The maximum absolute atomic E-state index is 12.7. The number of fused-ring (bicyclic) bond motifs is 1. The number of hydrogen-bond acceptors (Lipinski definition) is 6. The molecule has 1 aromatic heterocycles. The first-order chi connectivity index (χ1) is 14.9. The quantitative estimate of drug-likeness (QED) is 0.772. The van der Waals surface area contributed by atoms with E-state index in [2.05, 4.69) is 15.4 Å². The molecule has 3 heterocycles. The summed E-state index contributed by atoms with van der Waals surface area (Å²) in [5.74, 6) is 0. The molecule has 2 N–H and O–H groups in total. The number of hydrazone groups is 1. The molecule has 2 aliphatic rings. The molecule has 0 aliphatic carbocycles. The second-order valence-corrected chi connectivity index (χ2v) is 8.75. The van der Waals surface area contributed by atoms with Crippen LogP contribution in [0.4, 0.5) is 10.5 Å². The highest BCUT2D eigenvalue weighted by Crippen LogP contribution is 2.34. The van der Waals surface area contributed by atoms with E-state index in [-0.39, 0.29) is 11.4 Å². The molecule has 1 atom stereocenters. The van der Waals surface area contributed by atoms with E-state index in [1.165, 1.54) is 0 Å². The van der Waals surface area contributed by atoms with Crippen LogP contribution in [0.2, 0.25) is 0 Å². The van der Waals surface area contributed by atoms with Gasteiger partial charge < -0.3 is 20.1 Å². The highest BCUT2D eigenvalue weighted by molar-refractivity contribution is 6.01. The lowest BCUT2D eigenvalue weighted by Gasteiger charge is -2.41. The van der Waals surface area contributed by atoms with Gasteiger partial charge in [0, 0.05) is 50.1 Å². The van der Waals surface area contributed by atoms with Crippen molar-refractivity contribution >= 4 is 17.4 Å². The van der Waals surface area contributed by atoms with Gasteiger partial charge in [-0.25, -0.2) is 4.79 Å². The Balaban J connectivity index is 1.43. The molecule has 8 nitrogen and oxygen atoms in total. The van der Waals surface area contributed by atoms with Crippen molar-refractivity contribution in [3.63, 3.8) is 0 Å². The third kappa shape index (κ3) is 4.55. The van der Waals surface area contributed by atoms with Crippen LogP contribution in [-0.4, -0.2) is 58.2 Å². The average Bonchev–Trinajstić information content (AvgIpc) is 3.20. The summed E-state index contributed by atoms with van der Waals surface area (Å²) in [6.45, 7) is 6.23. The Morgan fingerprint density at radius 2 is 1.97 bits per heavy atom. The van der Waals surface area contributed by atoms with Crippen molar-refractivity contribution in [3.05, 3.63) is 59.4 Å². The number of ether oxygens (including phenoxy) is 1. The third-order valence-electron chi connectivity index (χ3n) is 5.86. The van der Waals surface area contributed by atoms with Gasteiger partial charge in [0.2, 0.25) is 0 Å². The maximum Gasteiger partial charge on any atom is 0.322 e. The predicted octanol–water partition coefficient (Wildman–Crippen LogP) is 3.03. The van der Waals surface area contributed by atoms with Gasteiger partial charge in [-0.3, -0.25) is 9.99 Å². The van der Waals surface area contributed by atoms with Crippen molar-refractivity contribution in [2.24, 2.45) is 10.5 Å². The first-order valence-corrected chi connectivity index (χ1v) is 10.5. The summed E-state index contributed by atoms with van der Waals surface area (Å²) in [7, 11) is 1.64. The Morgan fingerprint density at radius 1 is 1.23 bits per heavy atom. The Bertz CT molecular complexity index is 948. The monoisotopic (exact) mass is 423 g/mol. The van der Waals surface area contributed by atoms with Crippen LogP contribution in [-0.2, 0) is 17.8 Å². The number of hydrogen-bond donors (Lipinski definition) is 2. The van der Waals surface area contributed by atoms with Gasteiger partial charge in [0.05, 0.1) is 18.9 Å². The normalized spacial score (nSPS) is 19.7. The van der Waals surface area contributed by atoms with Crippen LogP contribution in [0.5, 0.6) is 0 Å². The lowest BCUT2D eigenvalue weighted by Crippen LogP contribution is -2.48. The smallest absolute Gasteiger partial charge is 0.322 e. The van der Waals surface area contributed by atoms with Crippen molar-refractivity contribution in [1.82, 2.24) is 14.9 Å². The largest absolute Gasteiger partial charge is 0.383 e. The molecule has 31 heavy (non-hydrogen) atoms. The number of benzene rings is 1. The second-order valence-electron chi connectivity index (χ2n) is 8.75. The molecule has 2 amide bonds. The summed E-state index contributed by atoms with van der Waals surface area (Å²) in [5.41, 5.74) is 4.50. The van der Waals surface area contributed by atoms with E-state index in [9.17, 15) is 9.90 Å². The molecule has 0 spiro atoms. The van der Waals surface area contributed by atoms with Gasteiger partial charge in [-0.2, -0.15) is 5.10 Å². The average molecular weight is 424 g/mol. The zero-order valence-electron chi connectivity index (χ0n) is 18.2. The number of aliphatic hydroxyl groups excluding tert-OH is 1. The minimum Gasteiger partial charge on any atom is -0.383 e. The number of urea groups is 1. The van der Waals surface area contributed by atoms with Gasteiger partial charge in [0.15, 0.2) is 0 Å². The molecule has 2 aromatic rings. The SMILES string of the molecule is COCCN1N=C(c2ccc(NC(=O)N3Cc4ccncc4C3)cc2)CC(C)(C)C1O. The van der Waals surface area contributed by atoms with Crippen LogP contribution in [0, 0.1) is 5.41 Å². The number of anilines is 1. The molecule has 2 aliphatic heterocycles. The highest BCUT2D eigenvalue weighted by Gasteiger charge is 2.38. The third-order valence-corrected chi connectivity index (χ3v) is 5.86. The number of aromatic nitrogens is 1. The Morgan fingerprint density at radius 3 is 2.68 bits per heavy atom. The summed E-state index contributed by atoms with van der Waals surface area (Å²) < 4.78 is 5.15. The molecule has 0 bridgehead atoms. The molecular formula is C23H29N5O3. The van der Waals surface area contributed by atoms with Gasteiger partial charge in [-0.15, -0.1) is 0 Å². The molecule has 0 radical (unpaired) electrons. The first kappa shape index (κ1) is 21.3. The van der Waals surface area contributed by atoms with Crippen molar-refractivity contribution in [2.45, 2.75) is 39.6 Å². The van der Waals surface area contributed by atoms with Crippen molar-refractivity contribution in [1.29, 1.82) is 0 Å². The zero-order chi connectivity index (χ0) is 22.0. The fraction of sp³-hybridized carbons (Fsp3) is 0.435. The Hall–Kier alpha value is -2.97. The van der Waals surface area contributed by atoms with E-state index in [1.807, 2.05) is 50.4 Å². The van der Waals surface area contributed by atoms with Crippen LogP contribution in [0.3, 0.4) is 0 Å². The molecule has 0 saturated heterocycles. The molecule has 4 rings (SSSR count). The molecule has 8 heteroatoms. The maximum atomic E-state index is 12.7. The minimum absolute atomic E-state index is 0.131. The summed E-state index contributed by atoms with van der Waals surface area (Å²) in [5, 5.41) is 19.9. The minimum atomic E-state index is -0.662. The van der Waals surface area contributed by atoms with Crippen LogP contribution in [0.1, 0.15) is 37.0 Å². The van der Waals surface area contributed by atoms with E-state index in [0.717, 1.165) is 28.1 Å². The van der Waals surface area contributed by atoms with E-state index in [4.69, 9.17) is 4.74 Å². The molecule has 0 saturated carbocycles.